The van der Waals surface area contributed by atoms with Gasteiger partial charge in [0.25, 0.3) is 0 Å². The molecular formula is C27H40N2O6. The van der Waals surface area contributed by atoms with Crippen LogP contribution in [0.4, 0.5) is 0 Å². The van der Waals surface area contributed by atoms with E-state index in [0.717, 1.165) is 6.42 Å². The summed E-state index contributed by atoms with van der Waals surface area (Å²) in [5.74, 6) is -2.86. The van der Waals surface area contributed by atoms with Crippen LogP contribution in [-0.4, -0.2) is 81.3 Å². The lowest BCUT2D eigenvalue weighted by atomic mass is 9.73. The van der Waals surface area contributed by atoms with E-state index in [4.69, 9.17) is 9.47 Å². The number of carbonyl (C=O) groups is 3. The summed E-state index contributed by atoms with van der Waals surface area (Å²) in [5.41, 5.74) is -2.87. The highest BCUT2D eigenvalue weighted by atomic mass is 16.6. The molecule has 0 aromatic carbocycles. The number of amides is 2. The molecular weight excluding hydrogens is 448 g/mol. The second-order valence-electron chi connectivity index (χ2n) is 11.4. The van der Waals surface area contributed by atoms with E-state index in [1.54, 1.807) is 9.80 Å². The molecule has 0 aromatic heterocycles. The zero-order valence-corrected chi connectivity index (χ0v) is 21.8. The molecule has 0 bridgehead atoms. The van der Waals surface area contributed by atoms with E-state index in [9.17, 15) is 19.5 Å². The van der Waals surface area contributed by atoms with E-state index >= 15 is 0 Å². The van der Waals surface area contributed by atoms with Crippen molar-refractivity contribution < 1.29 is 29.0 Å². The van der Waals surface area contributed by atoms with Gasteiger partial charge in [-0.05, 0) is 39.5 Å². The Kier molecular flexibility index (Phi) is 6.68. The van der Waals surface area contributed by atoms with E-state index < -0.39 is 46.6 Å². The van der Waals surface area contributed by atoms with Gasteiger partial charge in [-0.2, -0.15) is 0 Å². The molecule has 4 rings (SSSR count). The third-order valence-electron chi connectivity index (χ3n) is 8.50. The average Bonchev–Trinajstić information content (AvgIpc) is 3.14. The predicted octanol–water partition coefficient (Wildman–Crippen LogP) is 2.45. The number of aliphatic hydroxyl groups is 1. The van der Waals surface area contributed by atoms with Crippen molar-refractivity contribution in [2.45, 2.75) is 89.6 Å². The van der Waals surface area contributed by atoms with Crippen LogP contribution in [0, 0.1) is 17.8 Å². The summed E-state index contributed by atoms with van der Waals surface area (Å²) in [5, 5.41) is 10.4. The first-order valence-electron chi connectivity index (χ1n) is 13.0. The van der Waals surface area contributed by atoms with Crippen LogP contribution in [0.2, 0.25) is 0 Å². The molecule has 0 aromatic rings. The summed E-state index contributed by atoms with van der Waals surface area (Å²) in [7, 11) is 0. The Bertz CT molecular complexity index is 938. The van der Waals surface area contributed by atoms with Gasteiger partial charge in [0.15, 0.2) is 0 Å². The maximum absolute atomic E-state index is 14.3. The zero-order valence-electron chi connectivity index (χ0n) is 21.8. The minimum atomic E-state index is -1.33. The van der Waals surface area contributed by atoms with Gasteiger partial charge in [0, 0.05) is 12.1 Å². The van der Waals surface area contributed by atoms with Crippen LogP contribution in [-0.2, 0) is 23.9 Å². The fourth-order valence-corrected chi connectivity index (χ4v) is 6.44. The van der Waals surface area contributed by atoms with Gasteiger partial charge in [0.2, 0.25) is 11.8 Å². The smallest absolute Gasteiger partial charge is 0.313 e. The maximum Gasteiger partial charge on any atom is 0.313 e. The Morgan fingerprint density at radius 2 is 1.83 bits per heavy atom. The van der Waals surface area contributed by atoms with Gasteiger partial charge in [-0.1, -0.05) is 51.5 Å². The highest BCUT2D eigenvalue weighted by Crippen LogP contribution is 2.59. The van der Waals surface area contributed by atoms with Gasteiger partial charge in [-0.15, -0.1) is 0 Å². The summed E-state index contributed by atoms with van der Waals surface area (Å²) in [6, 6.07) is -1.56. The third-order valence-corrected chi connectivity index (χ3v) is 8.50. The summed E-state index contributed by atoms with van der Waals surface area (Å²) in [4.78, 5) is 45.4. The fraction of sp³-hybridized carbons (Fsp3) is 0.741. The number of rotatable bonds is 5. The van der Waals surface area contributed by atoms with E-state index in [0.29, 0.717) is 19.4 Å². The number of carbonyl (C=O) groups excluding carboxylic acids is 3. The van der Waals surface area contributed by atoms with E-state index in [-0.39, 0.29) is 30.9 Å². The van der Waals surface area contributed by atoms with Crippen LogP contribution >= 0.6 is 0 Å². The number of esters is 1. The number of likely N-dealkylation sites (tertiary alicyclic amines) is 1. The second kappa shape index (κ2) is 9.04. The van der Waals surface area contributed by atoms with Crippen molar-refractivity contribution in [1.29, 1.82) is 0 Å². The molecule has 194 valence electrons. The molecule has 2 amide bonds. The molecule has 1 N–H and O–H groups in total. The van der Waals surface area contributed by atoms with Gasteiger partial charge in [-0.3, -0.25) is 14.4 Å². The van der Waals surface area contributed by atoms with Crippen molar-refractivity contribution in [3.63, 3.8) is 0 Å². The molecule has 1 spiro atoms. The van der Waals surface area contributed by atoms with Gasteiger partial charge in [0.05, 0.1) is 25.2 Å². The van der Waals surface area contributed by atoms with Crippen molar-refractivity contribution in [1.82, 2.24) is 9.80 Å². The van der Waals surface area contributed by atoms with Crippen molar-refractivity contribution in [2.24, 2.45) is 17.8 Å². The molecule has 4 heterocycles. The minimum absolute atomic E-state index is 0.0527. The molecule has 4 aliphatic heterocycles. The van der Waals surface area contributed by atoms with Crippen LogP contribution in [0.25, 0.3) is 0 Å². The SMILES string of the molecule is CC[C@H](C)[C@H](CO)N1C(=O)[C@@H]2[C@H]3C(=O)OCCC=C[C@@]3(CC)O[C@@]23C=CCN(C(C)(C)C)C(=O)C13. The van der Waals surface area contributed by atoms with E-state index in [1.165, 1.54) is 0 Å². The molecule has 7 atom stereocenters. The molecule has 0 aliphatic carbocycles. The average molecular weight is 489 g/mol. The normalized spacial score (nSPS) is 36.7. The second-order valence-corrected chi connectivity index (χ2v) is 11.4. The number of cyclic esters (lactones) is 1. The Balaban J connectivity index is 1.96. The lowest BCUT2D eigenvalue weighted by Crippen LogP contribution is -2.62. The lowest BCUT2D eigenvalue weighted by molar-refractivity contribution is -0.165. The highest BCUT2D eigenvalue weighted by molar-refractivity contribution is 5.99. The number of hydrogen-bond acceptors (Lipinski definition) is 6. The first kappa shape index (κ1) is 25.9. The van der Waals surface area contributed by atoms with Crippen LogP contribution in [0.15, 0.2) is 24.3 Å². The predicted molar refractivity (Wildman–Crippen MR) is 130 cm³/mol. The van der Waals surface area contributed by atoms with Gasteiger partial charge in [-0.25, -0.2) is 0 Å². The van der Waals surface area contributed by atoms with E-state index in [2.05, 4.69) is 0 Å². The van der Waals surface area contributed by atoms with Crippen LogP contribution in [0.5, 0.6) is 0 Å². The topological polar surface area (TPSA) is 96.4 Å². The Morgan fingerprint density at radius 1 is 1.11 bits per heavy atom. The molecule has 8 heteroatoms. The van der Waals surface area contributed by atoms with Crippen molar-refractivity contribution in [2.75, 3.05) is 19.8 Å². The van der Waals surface area contributed by atoms with Gasteiger partial charge < -0.3 is 24.4 Å². The number of nitrogens with zero attached hydrogens (tertiary/aromatic N) is 2. The Morgan fingerprint density at radius 3 is 2.43 bits per heavy atom. The molecule has 0 saturated carbocycles. The summed E-state index contributed by atoms with van der Waals surface area (Å²) >= 11 is 0. The number of aliphatic hydroxyl groups excluding tert-OH is 1. The third kappa shape index (κ3) is 3.75. The molecule has 2 fully saturated rings. The Hall–Kier alpha value is -2.19. The lowest BCUT2D eigenvalue weighted by Gasteiger charge is -2.44. The first-order chi connectivity index (χ1) is 16.5. The van der Waals surface area contributed by atoms with Crippen LogP contribution < -0.4 is 0 Å². The molecule has 2 saturated heterocycles. The van der Waals surface area contributed by atoms with Crippen LogP contribution in [0.1, 0.15) is 60.8 Å². The first-order valence-corrected chi connectivity index (χ1v) is 13.0. The monoisotopic (exact) mass is 488 g/mol. The van der Waals surface area contributed by atoms with Crippen molar-refractivity contribution in [3.8, 4) is 0 Å². The van der Waals surface area contributed by atoms with Crippen molar-refractivity contribution in [3.05, 3.63) is 24.3 Å². The molecule has 0 radical (unpaired) electrons. The molecule has 8 nitrogen and oxygen atoms in total. The Labute approximate surface area is 208 Å². The number of fused-ring (bicyclic) bond motifs is 2. The molecule has 1 unspecified atom stereocenters. The van der Waals surface area contributed by atoms with E-state index in [1.807, 2.05) is 65.8 Å². The summed E-state index contributed by atoms with van der Waals surface area (Å²) < 4.78 is 12.4. The van der Waals surface area contributed by atoms with Gasteiger partial charge in [0.1, 0.15) is 23.2 Å². The largest absolute Gasteiger partial charge is 0.465 e. The summed E-state index contributed by atoms with van der Waals surface area (Å²) in [6.45, 7) is 12.1. The molecule has 35 heavy (non-hydrogen) atoms. The maximum atomic E-state index is 14.3. The highest BCUT2D eigenvalue weighted by Gasteiger charge is 2.76. The fourth-order valence-electron chi connectivity index (χ4n) is 6.44. The van der Waals surface area contributed by atoms with Crippen LogP contribution in [0.3, 0.4) is 0 Å². The number of ether oxygens (including phenoxy) is 2. The van der Waals surface area contributed by atoms with Gasteiger partial charge >= 0.3 is 5.97 Å². The zero-order chi connectivity index (χ0) is 25.8. The molecule has 4 aliphatic rings. The number of hydrogen-bond donors (Lipinski definition) is 1. The summed E-state index contributed by atoms with van der Waals surface area (Å²) in [6.07, 6.45) is 9.33. The standard InChI is InChI=1S/C27H40N2O6/c1-7-17(3)18(16-30)29-21-23(32)28(25(4,5)6)14-11-13-27(21)19(22(29)31)20-24(33)34-15-10-9-12-26(20,8-2)35-27/h9,11-13,17-21,30H,7-8,10,14-16H2,1-6H3/t17-,18-,19-,20-,21?,26+,27-/m0/s1. The quantitative estimate of drug-likeness (QED) is 0.472. The van der Waals surface area contributed by atoms with Crippen molar-refractivity contribution >= 4 is 17.8 Å². The minimum Gasteiger partial charge on any atom is -0.465 e.